The molecule has 0 bridgehead atoms. The molecule has 0 saturated carbocycles. The van der Waals surface area contributed by atoms with Crippen molar-refractivity contribution >= 4 is 17.5 Å². The van der Waals surface area contributed by atoms with E-state index in [1.165, 1.54) is 5.69 Å². The Hall–Kier alpha value is -2.82. The molecule has 2 aromatic rings. The lowest BCUT2D eigenvalue weighted by molar-refractivity contribution is -0.131. The van der Waals surface area contributed by atoms with Gasteiger partial charge in [0.25, 0.3) is 5.91 Å². The standard InChI is InChI=1S/C21H25N3O2/c25-20(12-7-13-22-21(26)18-8-3-1-4-9-18)24-16-14-23(15-17-24)19-10-5-2-6-11-19/h1-6,8-11H,7,12-17H2,(H,22,26). The first-order chi connectivity index (χ1) is 12.7. The van der Waals surface area contributed by atoms with E-state index in [1.54, 1.807) is 12.1 Å². The van der Waals surface area contributed by atoms with E-state index in [-0.39, 0.29) is 11.8 Å². The molecule has 0 unspecified atom stereocenters. The van der Waals surface area contributed by atoms with E-state index in [0.29, 0.717) is 24.9 Å². The number of nitrogens with one attached hydrogen (secondary N) is 1. The van der Waals surface area contributed by atoms with Crippen molar-refractivity contribution < 1.29 is 9.59 Å². The maximum absolute atomic E-state index is 12.4. The number of hydrogen-bond acceptors (Lipinski definition) is 3. The zero-order chi connectivity index (χ0) is 18.2. The summed E-state index contributed by atoms with van der Waals surface area (Å²) < 4.78 is 0. The molecule has 3 rings (SSSR count). The third-order valence-corrected chi connectivity index (χ3v) is 4.64. The molecule has 0 spiro atoms. The maximum atomic E-state index is 12.4. The van der Waals surface area contributed by atoms with Gasteiger partial charge in [0.1, 0.15) is 0 Å². The first-order valence-electron chi connectivity index (χ1n) is 9.15. The molecule has 26 heavy (non-hydrogen) atoms. The Morgan fingerprint density at radius 1 is 0.846 bits per heavy atom. The third-order valence-electron chi connectivity index (χ3n) is 4.64. The fourth-order valence-corrected chi connectivity index (χ4v) is 3.14. The van der Waals surface area contributed by atoms with E-state index in [9.17, 15) is 9.59 Å². The number of hydrogen-bond donors (Lipinski definition) is 1. The van der Waals surface area contributed by atoms with Crippen molar-refractivity contribution in [2.24, 2.45) is 0 Å². The Balaban J connectivity index is 1.35. The molecule has 0 aliphatic carbocycles. The molecular formula is C21H25N3O2. The van der Waals surface area contributed by atoms with Gasteiger partial charge in [-0.05, 0) is 30.7 Å². The monoisotopic (exact) mass is 351 g/mol. The van der Waals surface area contributed by atoms with Gasteiger partial charge in [-0.1, -0.05) is 36.4 Å². The first-order valence-corrected chi connectivity index (χ1v) is 9.15. The number of anilines is 1. The predicted octanol–water partition coefficient (Wildman–Crippen LogP) is 2.55. The van der Waals surface area contributed by atoms with E-state index in [2.05, 4.69) is 22.3 Å². The molecule has 1 saturated heterocycles. The summed E-state index contributed by atoms with van der Waals surface area (Å²) in [7, 11) is 0. The second-order valence-electron chi connectivity index (χ2n) is 6.43. The van der Waals surface area contributed by atoms with Gasteiger partial charge < -0.3 is 15.1 Å². The van der Waals surface area contributed by atoms with Crippen LogP contribution < -0.4 is 10.2 Å². The number of carbonyl (C=O) groups excluding carboxylic acids is 2. The van der Waals surface area contributed by atoms with Crippen LogP contribution in [0.3, 0.4) is 0 Å². The number of piperazine rings is 1. The molecule has 5 heteroatoms. The average molecular weight is 351 g/mol. The molecule has 2 aromatic carbocycles. The summed E-state index contributed by atoms with van der Waals surface area (Å²) in [5.74, 6) is 0.0844. The van der Waals surface area contributed by atoms with Crippen molar-refractivity contribution in [2.75, 3.05) is 37.6 Å². The maximum Gasteiger partial charge on any atom is 0.251 e. The van der Waals surface area contributed by atoms with Crippen LogP contribution in [0.4, 0.5) is 5.69 Å². The normalized spacial score (nSPS) is 14.2. The zero-order valence-corrected chi connectivity index (χ0v) is 14.9. The number of para-hydroxylation sites is 1. The fraction of sp³-hybridized carbons (Fsp3) is 0.333. The largest absolute Gasteiger partial charge is 0.368 e. The van der Waals surface area contributed by atoms with Crippen LogP contribution in [0.25, 0.3) is 0 Å². The molecule has 0 radical (unpaired) electrons. The summed E-state index contributed by atoms with van der Waals surface area (Å²) in [4.78, 5) is 28.5. The van der Waals surface area contributed by atoms with Gasteiger partial charge in [0.2, 0.25) is 5.91 Å². The van der Waals surface area contributed by atoms with Crippen molar-refractivity contribution in [2.45, 2.75) is 12.8 Å². The van der Waals surface area contributed by atoms with Crippen molar-refractivity contribution in [1.29, 1.82) is 0 Å². The lowest BCUT2D eigenvalue weighted by atomic mass is 10.2. The summed E-state index contributed by atoms with van der Waals surface area (Å²) in [5, 5.41) is 2.87. The van der Waals surface area contributed by atoms with Crippen LogP contribution in [0.1, 0.15) is 23.2 Å². The lowest BCUT2D eigenvalue weighted by Crippen LogP contribution is -2.48. The van der Waals surface area contributed by atoms with Crippen LogP contribution >= 0.6 is 0 Å². The van der Waals surface area contributed by atoms with Gasteiger partial charge >= 0.3 is 0 Å². The van der Waals surface area contributed by atoms with Crippen molar-refractivity contribution in [3.05, 3.63) is 66.2 Å². The Kier molecular flexibility index (Phi) is 6.25. The lowest BCUT2D eigenvalue weighted by Gasteiger charge is -2.36. The minimum atomic E-state index is -0.0884. The summed E-state index contributed by atoms with van der Waals surface area (Å²) in [6.45, 7) is 3.75. The Bertz CT molecular complexity index is 711. The van der Waals surface area contributed by atoms with Crippen LogP contribution in [0, 0.1) is 0 Å². The van der Waals surface area contributed by atoms with Crippen LogP contribution in [-0.2, 0) is 4.79 Å². The van der Waals surface area contributed by atoms with Gasteiger partial charge in [-0.15, -0.1) is 0 Å². The number of nitrogens with zero attached hydrogens (tertiary/aromatic N) is 2. The highest BCUT2D eigenvalue weighted by atomic mass is 16.2. The van der Waals surface area contributed by atoms with Gasteiger partial charge in [-0.25, -0.2) is 0 Å². The van der Waals surface area contributed by atoms with E-state index < -0.39 is 0 Å². The molecule has 1 N–H and O–H groups in total. The van der Waals surface area contributed by atoms with Gasteiger partial charge in [0.05, 0.1) is 0 Å². The number of amides is 2. The second-order valence-corrected chi connectivity index (χ2v) is 6.43. The predicted molar refractivity (Wildman–Crippen MR) is 103 cm³/mol. The molecular weight excluding hydrogens is 326 g/mol. The molecule has 5 nitrogen and oxygen atoms in total. The van der Waals surface area contributed by atoms with Crippen LogP contribution in [0.5, 0.6) is 0 Å². The average Bonchev–Trinajstić information content (AvgIpc) is 2.72. The second kappa shape index (κ2) is 9.04. The molecule has 1 aliphatic heterocycles. The molecule has 2 amide bonds. The van der Waals surface area contributed by atoms with Crippen LogP contribution in [0.2, 0.25) is 0 Å². The summed E-state index contributed by atoms with van der Waals surface area (Å²) >= 11 is 0. The highest BCUT2D eigenvalue weighted by Gasteiger charge is 2.20. The minimum absolute atomic E-state index is 0.0884. The first kappa shape index (κ1) is 18.0. The highest BCUT2D eigenvalue weighted by Crippen LogP contribution is 2.16. The van der Waals surface area contributed by atoms with E-state index >= 15 is 0 Å². The molecule has 1 heterocycles. The van der Waals surface area contributed by atoms with Crippen molar-refractivity contribution in [3.8, 4) is 0 Å². The summed E-state index contributed by atoms with van der Waals surface area (Å²) in [5.41, 5.74) is 1.86. The van der Waals surface area contributed by atoms with Crippen molar-refractivity contribution in [3.63, 3.8) is 0 Å². The Labute approximate surface area is 154 Å². The molecule has 0 aromatic heterocycles. The highest BCUT2D eigenvalue weighted by molar-refractivity contribution is 5.94. The molecule has 1 aliphatic rings. The molecule has 136 valence electrons. The Morgan fingerprint density at radius 2 is 1.46 bits per heavy atom. The van der Waals surface area contributed by atoms with Gasteiger partial charge in [0, 0.05) is 50.4 Å². The van der Waals surface area contributed by atoms with Gasteiger partial charge in [0.15, 0.2) is 0 Å². The number of carbonyl (C=O) groups is 2. The van der Waals surface area contributed by atoms with Gasteiger partial charge in [-0.3, -0.25) is 9.59 Å². The summed E-state index contributed by atoms with van der Waals surface area (Å²) in [6, 6.07) is 19.4. The van der Waals surface area contributed by atoms with Crippen molar-refractivity contribution in [1.82, 2.24) is 10.2 Å². The number of rotatable bonds is 6. The SMILES string of the molecule is O=C(NCCCC(=O)N1CCN(c2ccccc2)CC1)c1ccccc1. The third kappa shape index (κ3) is 4.85. The topological polar surface area (TPSA) is 52.7 Å². The van der Waals surface area contributed by atoms with E-state index in [1.807, 2.05) is 41.3 Å². The zero-order valence-electron chi connectivity index (χ0n) is 14.9. The fourth-order valence-electron chi connectivity index (χ4n) is 3.14. The van der Waals surface area contributed by atoms with Crippen LogP contribution in [-0.4, -0.2) is 49.4 Å². The van der Waals surface area contributed by atoms with Gasteiger partial charge in [-0.2, -0.15) is 0 Å². The number of benzene rings is 2. The quantitative estimate of drug-likeness (QED) is 0.814. The Morgan fingerprint density at radius 3 is 2.12 bits per heavy atom. The van der Waals surface area contributed by atoms with E-state index in [4.69, 9.17) is 0 Å². The smallest absolute Gasteiger partial charge is 0.251 e. The van der Waals surface area contributed by atoms with E-state index in [0.717, 1.165) is 26.2 Å². The summed E-state index contributed by atoms with van der Waals surface area (Å²) in [6.07, 6.45) is 1.14. The minimum Gasteiger partial charge on any atom is -0.368 e. The van der Waals surface area contributed by atoms with Crippen LogP contribution in [0.15, 0.2) is 60.7 Å². The molecule has 1 fully saturated rings. The molecule has 0 atom stereocenters.